The Kier molecular flexibility index (Phi) is 9.37. The second-order valence-corrected chi connectivity index (χ2v) is 4.77. The Labute approximate surface area is 116 Å². The van der Waals surface area contributed by atoms with E-state index in [1.807, 2.05) is 6.08 Å². The van der Waals surface area contributed by atoms with E-state index in [4.69, 9.17) is 9.47 Å². The van der Waals surface area contributed by atoms with Crippen molar-refractivity contribution in [1.29, 1.82) is 0 Å². The van der Waals surface area contributed by atoms with Crippen molar-refractivity contribution in [1.82, 2.24) is 0 Å². The van der Waals surface area contributed by atoms with Crippen molar-refractivity contribution in [2.45, 2.75) is 57.7 Å². The Balaban J connectivity index is 1.79. The van der Waals surface area contributed by atoms with Gasteiger partial charge in [0.05, 0.1) is 20.3 Å². The van der Waals surface area contributed by atoms with Crippen LogP contribution in [0.2, 0.25) is 0 Å². The van der Waals surface area contributed by atoms with Crippen molar-refractivity contribution in [3.05, 3.63) is 12.2 Å². The quantitative estimate of drug-likeness (QED) is 0.347. The van der Waals surface area contributed by atoms with Gasteiger partial charge in [0, 0.05) is 6.42 Å². The smallest absolute Gasteiger partial charge is 0.305 e. The summed E-state index contributed by atoms with van der Waals surface area (Å²) in [7, 11) is 1.44. The van der Waals surface area contributed by atoms with E-state index in [1.54, 1.807) is 0 Å². The Morgan fingerprint density at radius 3 is 2.42 bits per heavy atom. The highest BCUT2D eigenvalue weighted by atomic mass is 16.7. The van der Waals surface area contributed by atoms with Crippen LogP contribution >= 0.6 is 0 Å². The van der Waals surface area contributed by atoms with Crippen LogP contribution in [-0.4, -0.2) is 32.6 Å². The first-order valence-corrected chi connectivity index (χ1v) is 7.29. The fourth-order valence-electron chi connectivity index (χ4n) is 2.04. The predicted molar refractivity (Wildman–Crippen MR) is 73.8 cm³/mol. The van der Waals surface area contributed by atoms with Gasteiger partial charge >= 0.3 is 5.97 Å². The molecule has 0 N–H and O–H groups in total. The van der Waals surface area contributed by atoms with E-state index in [1.165, 1.54) is 32.8 Å². The van der Waals surface area contributed by atoms with Crippen molar-refractivity contribution in [2.24, 2.45) is 0 Å². The Hall–Kier alpha value is -0.870. The van der Waals surface area contributed by atoms with Crippen LogP contribution in [0.25, 0.3) is 0 Å². The lowest BCUT2D eigenvalue weighted by atomic mass is 10.1. The van der Waals surface area contributed by atoms with E-state index in [-0.39, 0.29) is 12.3 Å². The molecular weight excluding hydrogens is 244 g/mol. The molecule has 0 aromatic heterocycles. The van der Waals surface area contributed by atoms with Gasteiger partial charge in [-0.1, -0.05) is 31.8 Å². The normalized spacial score (nSPS) is 16.3. The fourth-order valence-corrected chi connectivity index (χ4v) is 2.04. The van der Waals surface area contributed by atoms with E-state index in [0.29, 0.717) is 19.6 Å². The van der Waals surface area contributed by atoms with E-state index < -0.39 is 0 Å². The fraction of sp³-hybridized carbons (Fsp3) is 0.800. The van der Waals surface area contributed by atoms with Crippen LogP contribution in [0.1, 0.15) is 51.4 Å². The van der Waals surface area contributed by atoms with Gasteiger partial charge in [0.1, 0.15) is 0 Å². The molecule has 0 bridgehead atoms. The maximum Gasteiger partial charge on any atom is 0.305 e. The molecule has 1 fully saturated rings. The zero-order valence-electron chi connectivity index (χ0n) is 11.9. The standard InChI is InChI=1S/C15H26O4/c1-17-14(16)10-8-6-4-2-3-5-7-9-11-15-18-12-13-19-15/h9,11,15H,2-8,10,12-13H2,1H3. The molecule has 0 amide bonds. The molecule has 1 heterocycles. The number of methoxy groups -OCH3 is 1. The summed E-state index contributed by atoms with van der Waals surface area (Å²) in [5, 5.41) is 0. The zero-order chi connectivity index (χ0) is 13.8. The minimum atomic E-state index is -0.113. The SMILES string of the molecule is COC(=O)CCCCCCCCC=CC1OCCO1. The number of carbonyl (C=O) groups excluding carboxylic acids is 1. The van der Waals surface area contributed by atoms with Crippen molar-refractivity contribution in [3.8, 4) is 0 Å². The summed E-state index contributed by atoms with van der Waals surface area (Å²) in [5.74, 6) is -0.0958. The molecule has 0 radical (unpaired) electrons. The van der Waals surface area contributed by atoms with Crippen LogP contribution in [-0.2, 0) is 19.0 Å². The predicted octanol–water partition coefficient (Wildman–Crippen LogP) is 3.21. The Bertz CT molecular complexity index is 257. The molecule has 110 valence electrons. The molecule has 0 aliphatic carbocycles. The second-order valence-electron chi connectivity index (χ2n) is 4.77. The first-order chi connectivity index (χ1) is 9.33. The van der Waals surface area contributed by atoms with Crippen LogP contribution < -0.4 is 0 Å². The number of hydrogen-bond donors (Lipinski definition) is 0. The summed E-state index contributed by atoms with van der Waals surface area (Å²) < 4.78 is 15.2. The molecule has 1 saturated heterocycles. The minimum Gasteiger partial charge on any atom is -0.469 e. The average Bonchev–Trinajstić information content (AvgIpc) is 2.93. The molecule has 0 spiro atoms. The third-order valence-corrected chi connectivity index (χ3v) is 3.17. The maximum absolute atomic E-state index is 10.9. The number of carbonyl (C=O) groups is 1. The van der Waals surface area contributed by atoms with Gasteiger partial charge < -0.3 is 14.2 Å². The van der Waals surface area contributed by atoms with E-state index >= 15 is 0 Å². The average molecular weight is 270 g/mol. The summed E-state index contributed by atoms with van der Waals surface area (Å²) in [5.41, 5.74) is 0. The molecule has 19 heavy (non-hydrogen) atoms. The Morgan fingerprint density at radius 2 is 1.74 bits per heavy atom. The highest BCUT2D eigenvalue weighted by molar-refractivity contribution is 5.68. The van der Waals surface area contributed by atoms with E-state index in [2.05, 4.69) is 10.8 Å². The number of hydrogen-bond acceptors (Lipinski definition) is 4. The number of esters is 1. The van der Waals surface area contributed by atoms with Crippen LogP contribution in [0.5, 0.6) is 0 Å². The monoisotopic (exact) mass is 270 g/mol. The molecule has 0 saturated carbocycles. The first kappa shape index (κ1) is 16.2. The lowest BCUT2D eigenvalue weighted by molar-refractivity contribution is -0.140. The number of allylic oxidation sites excluding steroid dienone is 1. The maximum atomic E-state index is 10.9. The summed E-state index contributed by atoms with van der Waals surface area (Å²) >= 11 is 0. The largest absolute Gasteiger partial charge is 0.469 e. The molecule has 0 atom stereocenters. The van der Waals surface area contributed by atoms with Crippen LogP contribution in [0.4, 0.5) is 0 Å². The number of rotatable bonds is 10. The van der Waals surface area contributed by atoms with Gasteiger partial charge in [-0.15, -0.1) is 0 Å². The van der Waals surface area contributed by atoms with Crippen LogP contribution in [0, 0.1) is 0 Å². The summed E-state index contributed by atoms with van der Waals surface area (Å²) in [4.78, 5) is 10.9. The lowest BCUT2D eigenvalue weighted by Crippen LogP contribution is -2.01. The summed E-state index contributed by atoms with van der Waals surface area (Å²) in [6, 6.07) is 0. The van der Waals surface area contributed by atoms with E-state index in [9.17, 15) is 4.79 Å². The molecule has 0 aromatic carbocycles. The van der Waals surface area contributed by atoms with Gasteiger partial charge in [0.2, 0.25) is 0 Å². The van der Waals surface area contributed by atoms with Crippen LogP contribution in [0.3, 0.4) is 0 Å². The van der Waals surface area contributed by atoms with Gasteiger partial charge in [-0.2, -0.15) is 0 Å². The molecule has 1 aliphatic heterocycles. The van der Waals surface area contributed by atoms with Crippen LogP contribution in [0.15, 0.2) is 12.2 Å². The molecule has 0 unspecified atom stereocenters. The first-order valence-electron chi connectivity index (χ1n) is 7.29. The minimum absolute atomic E-state index is 0.0958. The number of ether oxygens (including phenoxy) is 3. The third-order valence-electron chi connectivity index (χ3n) is 3.17. The third kappa shape index (κ3) is 8.78. The van der Waals surface area contributed by atoms with Gasteiger partial charge in [-0.05, 0) is 25.3 Å². The van der Waals surface area contributed by atoms with Gasteiger partial charge in [0.15, 0.2) is 6.29 Å². The molecule has 4 heteroatoms. The highest BCUT2D eigenvalue weighted by Gasteiger charge is 2.10. The van der Waals surface area contributed by atoms with Gasteiger partial charge in [-0.3, -0.25) is 4.79 Å². The molecular formula is C15H26O4. The summed E-state index contributed by atoms with van der Waals surface area (Å²) in [6.45, 7) is 1.42. The van der Waals surface area contributed by atoms with Gasteiger partial charge in [0.25, 0.3) is 0 Å². The molecule has 1 rings (SSSR count). The lowest BCUT2D eigenvalue weighted by Gasteiger charge is -2.02. The number of unbranched alkanes of at least 4 members (excludes halogenated alkanes) is 6. The van der Waals surface area contributed by atoms with Gasteiger partial charge in [-0.25, -0.2) is 0 Å². The van der Waals surface area contributed by atoms with E-state index in [0.717, 1.165) is 19.3 Å². The van der Waals surface area contributed by atoms with Crippen molar-refractivity contribution >= 4 is 5.97 Å². The van der Waals surface area contributed by atoms with Crippen molar-refractivity contribution < 1.29 is 19.0 Å². The van der Waals surface area contributed by atoms with Crippen molar-refractivity contribution in [3.63, 3.8) is 0 Å². The zero-order valence-corrected chi connectivity index (χ0v) is 11.9. The molecule has 4 nitrogen and oxygen atoms in total. The highest BCUT2D eigenvalue weighted by Crippen LogP contribution is 2.10. The topological polar surface area (TPSA) is 44.8 Å². The molecule has 1 aliphatic rings. The Morgan fingerprint density at radius 1 is 1.11 bits per heavy atom. The second kappa shape index (κ2) is 11.0. The summed E-state index contributed by atoms with van der Waals surface area (Å²) in [6.07, 6.45) is 12.6. The molecule has 0 aromatic rings. The van der Waals surface area contributed by atoms with Crippen molar-refractivity contribution in [2.75, 3.05) is 20.3 Å².